The topological polar surface area (TPSA) is 3.24 Å². The average Bonchev–Trinajstić information content (AvgIpc) is 3.81. The largest absolute Gasteiger partial charge is 0.311 e. The SMILES string of the molecule is c1ccc(N(c2ccccc2)c2ccc(-c3ccc4c(c3)-c3cc(-c5ccc6c(c5)C(c5ccccc5)(c5ccccc5)c5ccccc5-6)ccc3C4)cc2)cc1. The van der Waals surface area contributed by atoms with Crippen molar-refractivity contribution in [3.8, 4) is 44.5 Å². The molecule has 268 valence electrons. The second-order valence-corrected chi connectivity index (χ2v) is 15.3. The van der Waals surface area contributed by atoms with Crippen LogP contribution in [0.2, 0.25) is 0 Å². The molecule has 0 amide bonds. The third-order valence-corrected chi connectivity index (χ3v) is 12.2. The summed E-state index contributed by atoms with van der Waals surface area (Å²) in [6.07, 6.45) is 0.956. The first-order valence-electron chi connectivity index (χ1n) is 19.9. The Morgan fingerprint density at radius 1 is 0.298 bits per heavy atom. The first kappa shape index (κ1) is 33.1. The van der Waals surface area contributed by atoms with Gasteiger partial charge in [0.1, 0.15) is 0 Å². The molecule has 0 unspecified atom stereocenters. The summed E-state index contributed by atoms with van der Waals surface area (Å²) in [4.78, 5) is 2.31. The minimum Gasteiger partial charge on any atom is -0.311 e. The lowest BCUT2D eigenvalue weighted by molar-refractivity contribution is 0.769. The molecule has 0 N–H and O–H groups in total. The van der Waals surface area contributed by atoms with Crippen LogP contribution in [0.15, 0.2) is 224 Å². The predicted molar refractivity (Wildman–Crippen MR) is 238 cm³/mol. The predicted octanol–water partition coefficient (Wildman–Crippen LogP) is 14.4. The van der Waals surface area contributed by atoms with Gasteiger partial charge < -0.3 is 4.90 Å². The van der Waals surface area contributed by atoms with Crippen LogP contribution in [-0.2, 0) is 11.8 Å². The molecule has 1 nitrogen and oxygen atoms in total. The van der Waals surface area contributed by atoms with Crippen molar-refractivity contribution in [2.75, 3.05) is 4.90 Å². The van der Waals surface area contributed by atoms with E-state index in [9.17, 15) is 0 Å². The molecule has 0 fully saturated rings. The monoisotopic (exact) mass is 725 g/mol. The summed E-state index contributed by atoms with van der Waals surface area (Å²) in [5.41, 5.74) is 21.2. The lowest BCUT2D eigenvalue weighted by Gasteiger charge is -2.34. The van der Waals surface area contributed by atoms with E-state index in [2.05, 4.69) is 229 Å². The molecule has 9 aromatic rings. The van der Waals surface area contributed by atoms with E-state index in [0.29, 0.717) is 0 Å². The van der Waals surface area contributed by atoms with Crippen LogP contribution in [0.25, 0.3) is 44.5 Å². The van der Waals surface area contributed by atoms with E-state index in [1.54, 1.807) is 0 Å². The Kier molecular flexibility index (Phi) is 7.86. The van der Waals surface area contributed by atoms with Crippen molar-refractivity contribution < 1.29 is 0 Å². The molecular weight excluding hydrogens is 687 g/mol. The molecule has 0 radical (unpaired) electrons. The van der Waals surface area contributed by atoms with E-state index in [4.69, 9.17) is 0 Å². The van der Waals surface area contributed by atoms with Gasteiger partial charge >= 0.3 is 0 Å². The molecule has 0 saturated heterocycles. The highest BCUT2D eigenvalue weighted by Gasteiger charge is 2.46. The Bertz CT molecular complexity index is 2820. The van der Waals surface area contributed by atoms with Crippen molar-refractivity contribution in [2.45, 2.75) is 11.8 Å². The molecule has 0 spiro atoms. The Labute approximate surface area is 334 Å². The fourth-order valence-corrected chi connectivity index (χ4v) is 9.56. The maximum atomic E-state index is 2.47. The molecule has 2 aliphatic carbocycles. The molecule has 0 aromatic heterocycles. The molecule has 0 saturated carbocycles. The van der Waals surface area contributed by atoms with Crippen LogP contribution in [0.3, 0.4) is 0 Å². The number of para-hydroxylation sites is 2. The van der Waals surface area contributed by atoms with Gasteiger partial charge in [-0.25, -0.2) is 0 Å². The first-order valence-corrected chi connectivity index (χ1v) is 19.9. The summed E-state index contributed by atoms with van der Waals surface area (Å²) < 4.78 is 0. The minimum atomic E-state index is -0.419. The van der Waals surface area contributed by atoms with Crippen LogP contribution in [0.4, 0.5) is 17.1 Å². The Hall–Kier alpha value is -7.22. The molecule has 0 aliphatic heterocycles. The molecule has 1 heteroatoms. The summed E-state index contributed by atoms with van der Waals surface area (Å²) in [6, 6.07) is 82.6. The van der Waals surface area contributed by atoms with Gasteiger partial charge in [0.05, 0.1) is 5.41 Å². The molecule has 0 heterocycles. The van der Waals surface area contributed by atoms with Gasteiger partial charge in [-0.1, -0.05) is 170 Å². The Balaban J connectivity index is 0.980. The van der Waals surface area contributed by atoms with Crippen molar-refractivity contribution in [3.63, 3.8) is 0 Å². The van der Waals surface area contributed by atoms with Crippen LogP contribution in [-0.4, -0.2) is 0 Å². The summed E-state index contributed by atoms with van der Waals surface area (Å²) >= 11 is 0. The van der Waals surface area contributed by atoms with Crippen molar-refractivity contribution in [2.24, 2.45) is 0 Å². The van der Waals surface area contributed by atoms with Crippen LogP contribution < -0.4 is 4.90 Å². The van der Waals surface area contributed by atoms with E-state index < -0.39 is 5.41 Å². The van der Waals surface area contributed by atoms with E-state index in [-0.39, 0.29) is 0 Å². The van der Waals surface area contributed by atoms with Crippen LogP contribution in [0.1, 0.15) is 33.4 Å². The van der Waals surface area contributed by atoms with Crippen molar-refractivity contribution in [3.05, 3.63) is 258 Å². The van der Waals surface area contributed by atoms with Gasteiger partial charge in [0.2, 0.25) is 0 Å². The first-order chi connectivity index (χ1) is 28.3. The van der Waals surface area contributed by atoms with E-state index >= 15 is 0 Å². The standard InChI is InChI=1S/C56H39N/c1-5-15-45(16-6-1)56(46-17-7-2-8-18-46)54-24-14-13-23-50(54)51-34-31-42(38-55(51)56)41-26-28-44-35-43-27-25-40(36-52(43)53(44)37-41)39-29-32-49(33-30-39)57(47-19-9-3-10-20-47)48-21-11-4-12-22-48/h1-34,36-38H,35H2. The van der Waals surface area contributed by atoms with Gasteiger partial charge in [-0.05, 0) is 139 Å². The van der Waals surface area contributed by atoms with Gasteiger partial charge in [-0.15, -0.1) is 0 Å². The minimum absolute atomic E-state index is 0.419. The number of nitrogens with zero attached hydrogens (tertiary/aromatic N) is 1. The van der Waals surface area contributed by atoms with E-state index in [1.165, 1.54) is 77.9 Å². The summed E-state index contributed by atoms with van der Waals surface area (Å²) in [5, 5.41) is 0. The number of rotatable bonds is 7. The lowest BCUT2D eigenvalue weighted by Crippen LogP contribution is -2.28. The number of hydrogen-bond acceptors (Lipinski definition) is 1. The molecule has 0 bridgehead atoms. The maximum Gasteiger partial charge on any atom is 0.0713 e. The van der Waals surface area contributed by atoms with Crippen LogP contribution in [0, 0.1) is 0 Å². The Morgan fingerprint density at radius 3 is 1.30 bits per heavy atom. The van der Waals surface area contributed by atoms with E-state index in [0.717, 1.165) is 23.5 Å². The smallest absolute Gasteiger partial charge is 0.0713 e. The third-order valence-electron chi connectivity index (χ3n) is 12.2. The molecular formula is C56H39N. The molecule has 2 aliphatic rings. The highest BCUT2D eigenvalue weighted by atomic mass is 15.1. The Morgan fingerprint density at radius 2 is 0.719 bits per heavy atom. The van der Waals surface area contributed by atoms with Gasteiger partial charge in [-0.2, -0.15) is 0 Å². The van der Waals surface area contributed by atoms with Crippen molar-refractivity contribution in [1.29, 1.82) is 0 Å². The normalized spacial score (nSPS) is 13.0. The average molecular weight is 726 g/mol. The molecule has 9 aromatic carbocycles. The number of fused-ring (bicyclic) bond motifs is 6. The third kappa shape index (κ3) is 5.39. The number of anilines is 3. The highest BCUT2D eigenvalue weighted by Crippen LogP contribution is 2.57. The maximum absolute atomic E-state index is 2.47. The summed E-state index contributed by atoms with van der Waals surface area (Å²) in [5.74, 6) is 0. The van der Waals surface area contributed by atoms with Gasteiger partial charge in [0.15, 0.2) is 0 Å². The zero-order chi connectivity index (χ0) is 37.8. The molecule has 11 rings (SSSR count). The quantitative estimate of drug-likeness (QED) is 0.158. The lowest BCUT2D eigenvalue weighted by atomic mass is 9.67. The van der Waals surface area contributed by atoms with Crippen LogP contribution in [0.5, 0.6) is 0 Å². The van der Waals surface area contributed by atoms with Crippen molar-refractivity contribution >= 4 is 17.1 Å². The van der Waals surface area contributed by atoms with Crippen molar-refractivity contribution in [1.82, 2.24) is 0 Å². The van der Waals surface area contributed by atoms with Gasteiger partial charge in [-0.3, -0.25) is 0 Å². The zero-order valence-electron chi connectivity index (χ0n) is 31.5. The summed E-state index contributed by atoms with van der Waals surface area (Å²) in [6.45, 7) is 0. The fourth-order valence-electron chi connectivity index (χ4n) is 9.56. The highest BCUT2D eigenvalue weighted by molar-refractivity contribution is 5.90. The fraction of sp³-hybridized carbons (Fsp3) is 0.0357. The van der Waals surface area contributed by atoms with Crippen LogP contribution >= 0.6 is 0 Å². The van der Waals surface area contributed by atoms with Gasteiger partial charge in [0, 0.05) is 17.1 Å². The second-order valence-electron chi connectivity index (χ2n) is 15.3. The van der Waals surface area contributed by atoms with E-state index in [1.807, 2.05) is 0 Å². The zero-order valence-corrected chi connectivity index (χ0v) is 31.5. The molecule has 57 heavy (non-hydrogen) atoms. The molecule has 0 atom stereocenters. The number of hydrogen-bond donors (Lipinski definition) is 0. The summed E-state index contributed by atoms with van der Waals surface area (Å²) in [7, 11) is 0. The number of benzene rings is 9. The second kappa shape index (κ2) is 13.5. The van der Waals surface area contributed by atoms with Gasteiger partial charge in [0.25, 0.3) is 0 Å².